The first kappa shape index (κ1) is 19.0. The number of hydrogen-bond acceptors (Lipinski definition) is 1. The zero-order valence-corrected chi connectivity index (χ0v) is 13.2. The summed E-state index contributed by atoms with van der Waals surface area (Å²) in [6.45, 7) is 15.9. The fourth-order valence-corrected chi connectivity index (χ4v) is 1.24. The zero-order valence-electron chi connectivity index (χ0n) is 13.2. The van der Waals surface area contributed by atoms with Gasteiger partial charge in [0.1, 0.15) is 0 Å². The summed E-state index contributed by atoms with van der Waals surface area (Å²) in [7, 11) is 0. The normalized spacial score (nSPS) is 9.33. The number of amides is 1. The van der Waals surface area contributed by atoms with Crippen LogP contribution in [0.5, 0.6) is 0 Å². The van der Waals surface area contributed by atoms with Crippen LogP contribution in [0.4, 0.5) is 0 Å². The van der Waals surface area contributed by atoms with E-state index in [-0.39, 0.29) is 11.4 Å². The molecule has 0 spiro atoms. The molecule has 0 aromatic heterocycles. The highest BCUT2D eigenvalue weighted by Gasteiger charge is 2.15. The van der Waals surface area contributed by atoms with E-state index in [1.807, 2.05) is 79.7 Å². The number of carbonyl (C=O) groups is 1. The molecule has 1 rings (SSSR count). The van der Waals surface area contributed by atoms with Crippen molar-refractivity contribution in [1.82, 2.24) is 5.32 Å². The lowest BCUT2D eigenvalue weighted by Gasteiger charge is -2.21. The van der Waals surface area contributed by atoms with Crippen LogP contribution in [0, 0.1) is 6.92 Å². The number of benzene rings is 1. The molecule has 0 aliphatic carbocycles. The highest BCUT2D eigenvalue weighted by molar-refractivity contribution is 5.95. The molecule has 1 aromatic carbocycles. The van der Waals surface area contributed by atoms with Gasteiger partial charge in [-0.3, -0.25) is 4.79 Å². The molecule has 104 valence electrons. The lowest BCUT2D eigenvalue weighted by molar-refractivity contribution is 0.0919. The average molecular weight is 251 g/mol. The maximum absolute atomic E-state index is 11.8. The summed E-state index contributed by atoms with van der Waals surface area (Å²) >= 11 is 0. The van der Waals surface area contributed by atoms with Gasteiger partial charge in [0.15, 0.2) is 0 Å². The van der Waals surface area contributed by atoms with E-state index in [1.54, 1.807) is 0 Å². The van der Waals surface area contributed by atoms with Crippen molar-refractivity contribution in [3.05, 3.63) is 35.4 Å². The van der Waals surface area contributed by atoms with E-state index in [0.717, 1.165) is 11.1 Å². The summed E-state index contributed by atoms with van der Waals surface area (Å²) in [5, 5.41) is 2.94. The number of carbonyl (C=O) groups excluding carboxylic acids is 1. The summed E-state index contributed by atoms with van der Waals surface area (Å²) in [5.74, 6) is -0.00407. The first-order chi connectivity index (χ1) is 8.40. The van der Waals surface area contributed by atoms with Crippen molar-refractivity contribution in [2.45, 2.75) is 60.9 Å². The second kappa shape index (κ2) is 9.69. The summed E-state index contributed by atoms with van der Waals surface area (Å²) < 4.78 is 0. The van der Waals surface area contributed by atoms with Gasteiger partial charge in [-0.1, -0.05) is 45.9 Å². The molecule has 0 aliphatic rings. The maximum atomic E-state index is 11.8. The predicted octanol–water partition coefficient (Wildman–Crippen LogP) is 4.58. The molecule has 0 radical (unpaired) electrons. The number of nitrogens with one attached hydrogen (secondary N) is 1. The van der Waals surface area contributed by atoms with Gasteiger partial charge >= 0.3 is 0 Å². The lowest BCUT2D eigenvalue weighted by atomic mass is 10.1. The molecule has 2 heteroatoms. The second-order valence-electron chi connectivity index (χ2n) is 4.52. The minimum Gasteiger partial charge on any atom is -0.347 e. The summed E-state index contributed by atoms with van der Waals surface area (Å²) in [4.78, 5) is 11.8. The van der Waals surface area contributed by atoms with Crippen molar-refractivity contribution in [2.24, 2.45) is 0 Å². The molecule has 2 nitrogen and oxygen atoms in total. The van der Waals surface area contributed by atoms with Gasteiger partial charge in [-0.25, -0.2) is 0 Å². The third kappa shape index (κ3) is 7.88. The molecule has 0 saturated carbocycles. The van der Waals surface area contributed by atoms with Gasteiger partial charge in [-0.05, 0) is 39.3 Å². The summed E-state index contributed by atoms with van der Waals surface area (Å²) in [6, 6.07) is 7.60. The lowest BCUT2D eigenvalue weighted by Crippen LogP contribution is -2.40. The molecule has 1 aromatic rings. The van der Waals surface area contributed by atoms with Crippen LogP contribution in [-0.4, -0.2) is 11.4 Å². The molecule has 1 amide bonds. The van der Waals surface area contributed by atoms with Crippen LogP contribution in [0.25, 0.3) is 0 Å². The van der Waals surface area contributed by atoms with Gasteiger partial charge in [0.25, 0.3) is 5.91 Å². The van der Waals surface area contributed by atoms with Crippen molar-refractivity contribution in [2.75, 3.05) is 0 Å². The smallest absolute Gasteiger partial charge is 0.251 e. The Labute approximate surface area is 113 Å². The molecule has 18 heavy (non-hydrogen) atoms. The first-order valence-corrected chi connectivity index (χ1v) is 6.78. The molecule has 0 aliphatic heterocycles. The summed E-state index contributed by atoms with van der Waals surface area (Å²) in [6.07, 6.45) is 0. The number of aryl methyl sites for hydroxylation is 1. The van der Waals surface area contributed by atoms with E-state index in [4.69, 9.17) is 0 Å². The molecule has 0 heterocycles. The molecule has 0 saturated heterocycles. The van der Waals surface area contributed by atoms with Crippen LogP contribution in [0.1, 0.15) is 64.4 Å². The maximum Gasteiger partial charge on any atom is 0.251 e. The highest BCUT2D eigenvalue weighted by Crippen LogP contribution is 2.09. The minimum atomic E-state index is -0.181. The molecule has 0 unspecified atom stereocenters. The summed E-state index contributed by atoms with van der Waals surface area (Å²) in [5.41, 5.74) is 1.58. The standard InChI is InChI=1S/C12H17NO.2C2H6/c1-9-7-5-6-8-10(9)11(14)13-12(2,3)4;2*1-2/h5-8H,1-4H3,(H,13,14);2*1-2H3. The Morgan fingerprint density at radius 3 is 1.83 bits per heavy atom. The first-order valence-electron chi connectivity index (χ1n) is 6.78. The van der Waals surface area contributed by atoms with Gasteiger partial charge < -0.3 is 5.32 Å². The molecule has 0 atom stereocenters. The molecule has 0 fully saturated rings. The average Bonchev–Trinajstić information content (AvgIpc) is 2.32. The number of hydrogen-bond donors (Lipinski definition) is 1. The highest BCUT2D eigenvalue weighted by atomic mass is 16.1. The third-order valence-corrected chi connectivity index (χ3v) is 1.88. The molecular formula is C16H29NO. The predicted molar refractivity (Wildman–Crippen MR) is 81.1 cm³/mol. The Morgan fingerprint density at radius 1 is 1.00 bits per heavy atom. The van der Waals surface area contributed by atoms with E-state index in [2.05, 4.69) is 5.32 Å². The third-order valence-electron chi connectivity index (χ3n) is 1.88. The van der Waals surface area contributed by atoms with Crippen LogP contribution in [-0.2, 0) is 0 Å². The van der Waals surface area contributed by atoms with Crippen molar-refractivity contribution in [1.29, 1.82) is 0 Å². The van der Waals surface area contributed by atoms with Crippen LogP contribution in [0.15, 0.2) is 24.3 Å². The van der Waals surface area contributed by atoms with E-state index in [1.165, 1.54) is 0 Å². The molecule has 1 N–H and O–H groups in total. The van der Waals surface area contributed by atoms with E-state index < -0.39 is 0 Å². The Morgan fingerprint density at radius 2 is 1.44 bits per heavy atom. The van der Waals surface area contributed by atoms with Crippen LogP contribution in [0.2, 0.25) is 0 Å². The monoisotopic (exact) mass is 251 g/mol. The Bertz CT molecular complexity index is 337. The largest absolute Gasteiger partial charge is 0.347 e. The van der Waals surface area contributed by atoms with Crippen LogP contribution >= 0.6 is 0 Å². The van der Waals surface area contributed by atoms with Gasteiger partial charge in [0.2, 0.25) is 0 Å². The van der Waals surface area contributed by atoms with E-state index in [0.29, 0.717) is 0 Å². The second-order valence-corrected chi connectivity index (χ2v) is 4.52. The van der Waals surface area contributed by atoms with Crippen molar-refractivity contribution in [3.63, 3.8) is 0 Å². The van der Waals surface area contributed by atoms with Crippen LogP contribution in [0.3, 0.4) is 0 Å². The van der Waals surface area contributed by atoms with Gasteiger partial charge in [-0.15, -0.1) is 0 Å². The fourth-order valence-electron chi connectivity index (χ4n) is 1.24. The van der Waals surface area contributed by atoms with Crippen molar-refractivity contribution < 1.29 is 4.79 Å². The van der Waals surface area contributed by atoms with Gasteiger partial charge in [-0.2, -0.15) is 0 Å². The van der Waals surface area contributed by atoms with Crippen LogP contribution < -0.4 is 5.32 Å². The number of rotatable bonds is 1. The fraction of sp³-hybridized carbons (Fsp3) is 0.562. The zero-order chi connectivity index (χ0) is 14.8. The van der Waals surface area contributed by atoms with Gasteiger partial charge in [0.05, 0.1) is 0 Å². The quantitative estimate of drug-likeness (QED) is 0.778. The Balaban J connectivity index is 0. The van der Waals surface area contributed by atoms with Crippen molar-refractivity contribution >= 4 is 5.91 Å². The Kier molecular flexibility index (Phi) is 10.3. The Hall–Kier alpha value is -1.31. The molecule has 0 bridgehead atoms. The molecular weight excluding hydrogens is 222 g/mol. The minimum absolute atomic E-state index is 0.00407. The van der Waals surface area contributed by atoms with Gasteiger partial charge in [0, 0.05) is 11.1 Å². The SMILES string of the molecule is CC.CC.Cc1ccccc1C(=O)NC(C)(C)C. The van der Waals surface area contributed by atoms with Crippen molar-refractivity contribution in [3.8, 4) is 0 Å². The topological polar surface area (TPSA) is 29.1 Å². The van der Waals surface area contributed by atoms with E-state index in [9.17, 15) is 4.79 Å². The van der Waals surface area contributed by atoms with E-state index >= 15 is 0 Å².